The SMILES string of the molecule is C.C1CCOC1.CO.COC(=O)[C@@H]1C[C@@H](NC(=O)c2ccccc2)CN1C(=O)CN.COC(=O)[C@@H]1C[C@@H](NC(=O)c2ccccc2)CN1C(=O)CNC(=O)OC(C)(C)C.COC(=O)[C@@H]1C[C@@H](NC(=O)c2ccccc2)CN1C(=O)CNS(C)(=O)=O.CS(=O)(=O)Cl.CS(=O)(=O)NCC(=O)N1C[C@H](NC(=O)c2ccccc2)C[C@H]1C(=O)O.Cl.[Li+].[OH-]. The number of halogens is 2. The van der Waals surface area contributed by atoms with E-state index in [1.807, 2.05) is 10.8 Å². The molecule has 0 aliphatic carbocycles. The molecule has 0 bridgehead atoms. The summed E-state index contributed by atoms with van der Waals surface area (Å²) in [5.41, 5.74) is 6.58. The Balaban J connectivity index is 0. The summed E-state index contributed by atoms with van der Waals surface area (Å²) in [5.74, 6) is -6.15. The summed E-state index contributed by atoms with van der Waals surface area (Å²) >= 11 is 0. The molecule has 4 aromatic rings. The van der Waals surface area contributed by atoms with Crippen molar-refractivity contribution in [3.05, 3.63) is 144 Å². The number of aliphatic carboxylic acids is 1. The van der Waals surface area contributed by atoms with E-state index in [1.165, 1.54) is 48.9 Å². The van der Waals surface area contributed by atoms with E-state index in [2.05, 4.69) is 42.0 Å². The number of methoxy groups -OCH3 is 3. The van der Waals surface area contributed by atoms with Crippen molar-refractivity contribution >= 4 is 129 Å². The molecule has 9 amide bonds. The third-order valence-electron chi connectivity index (χ3n) is 16.4. The van der Waals surface area contributed by atoms with Gasteiger partial charge in [0.05, 0.1) is 59.7 Å². The van der Waals surface area contributed by atoms with Crippen LogP contribution in [0.5, 0.6) is 0 Å². The molecule has 5 saturated heterocycles. The van der Waals surface area contributed by atoms with Crippen LogP contribution in [-0.2, 0) is 91.1 Å². The van der Waals surface area contributed by atoms with Gasteiger partial charge in [0.25, 0.3) is 23.6 Å². The molecule has 0 saturated carbocycles. The van der Waals surface area contributed by atoms with Crippen LogP contribution in [0.3, 0.4) is 0 Å². The van der Waals surface area contributed by atoms with Crippen molar-refractivity contribution in [1.82, 2.24) is 55.6 Å². The predicted molar refractivity (Wildman–Crippen MR) is 429 cm³/mol. The van der Waals surface area contributed by atoms with E-state index in [4.69, 9.17) is 34.5 Å². The molecule has 654 valence electrons. The summed E-state index contributed by atoms with van der Waals surface area (Å²) in [6.45, 7) is 6.08. The van der Waals surface area contributed by atoms with Gasteiger partial charge in [-0.05, 0) is 82.1 Å². The fraction of sp³-hybridized carbons (Fsp3) is 0.493. The number of amides is 9. The summed E-state index contributed by atoms with van der Waals surface area (Å²) in [6, 6.07) is 29.1. The van der Waals surface area contributed by atoms with E-state index in [1.54, 1.807) is 136 Å². The van der Waals surface area contributed by atoms with Gasteiger partial charge < -0.3 is 91.3 Å². The Morgan fingerprint density at radius 3 is 0.941 bits per heavy atom. The Bertz CT molecular complexity index is 4210. The molecule has 0 aromatic heterocycles. The minimum atomic E-state index is -3.57. The number of hydrogen-bond acceptors (Lipinski definition) is 27. The molecule has 5 fully saturated rings. The van der Waals surface area contributed by atoms with Crippen molar-refractivity contribution < 1.29 is 146 Å². The monoisotopic (exact) mass is 1760 g/mol. The maximum atomic E-state index is 12.6. The van der Waals surface area contributed by atoms with Gasteiger partial charge in [0, 0.05) is 129 Å². The van der Waals surface area contributed by atoms with Crippen LogP contribution in [0.15, 0.2) is 121 Å². The molecule has 0 unspecified atom stereocenters. The maximum absolute atomic E-state index is 12.6. The third kappa shape index (κ3) is 41.3. The van der Waals surface area contributed by atoms with Crippen molar-refractivity contribution in [3.63, 3.8) is 0 Å². The van der Waals surface area contributed by atoms with E-state index in [9.17, 15) is 92.7 Å². The van der Waals surface area contributed by atoms with Gasteiger partial charge in [-0.3, -0.25) is 38.4 Å². The molecule has 45 heteroatoms. The van der Waals surface area contributed by atoms with E-state index >= 15 is 0 Å². The number of carboxylic acids is 1. The third-order valence-corrected chi connectivity index (χ3v) is 17.8. The maximum Gasteiger partial charge on any atom is 1.00 e. The molecule has 0 radical (unpaired) electrons. The van der Waals surface area contributed by atoms with Gasteiger partial charge in [-0.2, -0.15) is 0 Å². The normalized spacial score (nSPS) is 18.7. The molecular weight excluding hydrogens is 1650 g/mol. The standard InChI is InChI=1S/C20H27N3O6.C16H21N3O6S.C15H19N3O6S.C15H19N3O4.C4H8O.CH3ClO2S.CH4O.CH4.ClH.Li.H2O/c1-20(2,3)29-19(27)21-11-16(24)23-12-14(10-15(23)18(26)28-4)22-17(25)13-8-6-5-7-9-13;1-25-16(22)13-8-12(18-15(21)11-6-4-3-5-7-11)10-19(13)14(20)9-17-26(2,23)24;1-25(23,24)16-8-13(19)18-9-11(7-12(18)15(21)22)17-14(20)10-5-3-2-4-6-10;1-22-15(21)12-7-11(9-18(12)13(19)8-16)17-14(20)10-5-3-2-4-6-10;1-2-4-5-3-1;1-5(2,3)4;1-2;;;;/h5-9,14-15H,10-12H2,1-4H3,(H,21,27)(H,22,25);3-7,12-13,17H,8-10H2,1-2H3,(H,18,21);2-6,11-12,16H,7-9H2,1H3,(H,17,20)(H,21,22);2-6,11-12H,7-9,16H2,1H3,(H,17,20);1-4H2;1H3;2H,1H3;1H4;1H;;1H2/q;;;;;;;;;+1;/p-1/t14-,15+;12-,13+;2*11-,12+;;;;;;;/m1111......./s1. The Hall–Kier alpha value is -9.42. The molecule has 5 aliphatic heterocycles. The van der Waals surface area contributed by atoms with Gasteiger partial charge >= 0.3 is 48.8 Å². The van der Waals surface area contributed by atoms with Crippen molar-refractivity contribution in [2.45, 2.75) is 121 Å². The zero-order chi connectivity index (χ0) is 85.7. The van der Waals surface area contributed by atoms with E-state index < -0.39 is 138 Å². The van der Waals surface area contributed by atoms with Gasteiger partial charge in [-0.1, -0.05) is 80.2 Å². The first-order valence-corrected chi connectivity index (χ1v) is 41.6. The Morgan fingerprint density at radius 2 is 0.720 bits per heavy atom. The number of hydrogen-bond donors (Lipinski definition) is 10. The van der Waals surface area contributed by atoms with Crippen molar-refractivity contribution in [3.8, 4) is 0 Å². The van der Waals surface area contributed by atoms with Crippen LogP contribution in [-0.4, -0.2) is 304 Å². The topological polar surface area (TPSA) is 564 Å². The minimum Gasteiger partial charge on any atom is -0.870 e. The number of rotatable bonds is 21. The number of sulfonamides is 2. The first kappa shape index (κ1) is 111. The summed E-state index contributed by atoms with van der Waals surface area (Å²) in [5, 5.41) is 29.8. The van der Waals surface area contributed by atoms with E-state index in [0.717, 1.165) is 44.0 Å². The zero-order valence-corrected chi connectivity index (χ0v) is 70.5. The Labute approximate surface area is 709 Å². The molecule has 12 N–H and O–H groups in total. The van der Waals surface area contributed by atoms with Crippen LogP contribution in [0.4, 0.5) is 4.79 Å². The van der Waals surface area contributed by atoms with Crippen molar-refractivity contribution in [2.75, 3.05) is 113 Å². The van der Waals surface area contributed by atoms with Crippen LogP contribution < -0.4 is 60.6 Å². The van der Waals surface area contributed by atoms with Gasteiger partial charge in [-0.25, -0.2) is 58.7 Å². The molecule has 5 aliphatic rings. The quantitative estimate of drug-likeness (QED) is 0.0174. The van der Waals surface area contributed by atoms with Gasteiger partial charge in [-0.15, -0.1) is 12.4 Å². The molecular formula is C73H107Cl2LiN12O27S3. The van der Waals surface area contributed by atoms with Crippen molar-refractivity contribution in [2.24, 2.45) is 5.73 Å². The number of benzene rings is 4. The second kappa shape index (κ2) is 54.6. The zero-order valence-electron chi connectivity index (χ0n) is 66.5. The number of likely N-dealkylation sites (tertiary alicyclic amines) is 4. The fourth-order valence-electron chi connectivity index (χ4n) is 11.4. The number of nitrogens with zero attached hydrogens (tertiary/aromatic N) is 4. The number of esters is 3. The second-order valence-electron chi connectivity index (χ2n) is 26.5. The number of carbonyl (C=O) groups is 13. The number of aliphatic hydroxyl groups is 1. The first-order valence-electron chi connectivity index (χ1n) is 35.1. The number of ether oxygens (including phenoxy) is 5. The Kier molecular flexibility index (Phi) is 51.2. The Morgan fingerprint density at radius 1 is 0.475 bits per heavy atom. The van der Waals surface area contributed by atoms with Gasteiger partial charge in [0.15, 0.2) is 0 Å². The summed E-state index contributed by atoms with van der Waals surface area (Å²) in [6.07, 6.45) is 5.38. The number of nitrogens with one attached hydrogen (secondary N) is 7. The molecule has 4 aromatic carbocycles. The van der Waals surface area contributed by atoms with Crippen LogP contribution in [0, 0.1) is 0 Å². The molecule has 5 heterocycles. The van der Waals surface area contributed by atoms with Gasteiger partial charge in [0.2, 0.25) is 52.7 Å². The minimum absolute atomic E-state index is 0. The van der Waals surface area contributed by atoms with E-state index in [0.29, 0.717) is 28.7 Å². The molecule has 118 heavy (non-hydrogen) atoms. The fourth-order valence-corrected chi connectivity index (χ4v) is 12.2. The number of alkyl carbamates (subject to hydrolysis) is 1. The van der Waals surface area contributed by atoms with Gasteiger partial charge in [0.1, 0.15) is 36.3 Å². The molecule has 8 atom stereocenters. The predicted octanol–water partition coefficient (Wildman–Crippen LogP) is -2.80. The molecule has 0 spiro atoms. The number of aliphatic hydroxyl groups excluding tert-OH is 1. The average Bonchev–Trinajstić information content (AvgIpc) is 1.63. The number of nitrogens with two attached hydrogens (primary N) is 1. The molecule has 39 nitrogen and oxygen atoms in total. The average molecular weight is 1760 g/mol. The summed E-state index contributed by atoms with van der Waals surface area (Å²) in [4.78, 5) is 162. The summed E-state index contributed by atoms with van der Waals surface area (Å²) in [7, 11) is -1.10. The van der Waals surface area contributed by atoms with Crippen LogP contribution in [0.2, 0.25) is 0 Å². The molecule has 9 rings (SSSR count). The smallest absolute Gasteiger partial charge is 0.870 e. The largest absolute Gasteiger partial charge is 1.00 e. The van der Waals surface area contributed by atoms with E-state index in [-0.39, 0.29) is 138 Å². The number of carbonyl (C=O) groups excluding carboxylic acids is 12. The number of carboxylic acid groups (broad SMARTS) is 1. The summed E-state index contributed by atoms with van der Waals surface area (Å²) < 4.78 is 91.7. The second-order valence-corrected chi connectivity index (χ2v) is 33.2. The van der Waals surface area contributed by atoms with Crippen LogP contribution in [0.25, 0.3) is 0 Å². The van der Waals surface area contributed by atoms with Crippen molar-refractivity contribution in [1.29, 1.82) is 0 Å². The van der Waals surface area contributed by atoms with Crippen LogP contribution >= 0.6 is 23.1 Å². The van der Waals surface area contributed by atoms with Crippen LogP contribution in [0.1, 0.15) is 108 Å². The first-order chi connectivity index (χ1) is 53.5.